The maximum Gasteiger partial charge on any atom is 0.226 e. The Bertz CT molecular complexity index is 631. The Labute approximate surface area is 179 Å². The fourth-order valence-electron chi connectivity index (χ4n) is 3.61. The predicted octanol–water partition coefficient (Wildman–Crippen LogP) is 5.75. The van der Waals surface area contributed by atoms with E-state index in [0.29, 0.717) is 12.1 Å². The molecule has 2 unspecified atom stereocenters. The van der Waals surface area contributed by atoms with E-state index in [2.05, 4.69) is 72.9 Å². The molecule has 0 aromatic carbocycles. The molecule has 1 heterocycles. The second kappa shape index (κ2) is 9.28. The Morgan fingerprint density at radius 1 is 0.724 bits per heavy atom. The van der Waals surface area contributed by atoms with Crippen LogP contribution in [-0.2, 0) is 10.8 Å². The lowest BCUT2D eigenvalue weighted by atomic mass is 9.87. The van der Waals surface area contributed by atoms with Crippen molar-refractivity contribution in [3.63, 3.8) is 0 Å². The van der Waals surface area contributed by atoms with Gasteiger partial charge in [-0.05, 0) is 46.0 Å². The first-order valence-corrected chi connectivity index (χ1v) is 11.8. The molecule has 1 aliphatic rings. The van der Waals surface area contributed by atoms with Crippen LogP contribution in [0.2, 0.25) is 0 Å². The number of nitrogens with one attached hydrogen (secondary N) is 2. The van der Waals surface area contributed by atoms with E-state index in [-0.39, 0.29) is 16.4 Å². The Morgan fingerprint density at radius 3 is 1.66 bits per heavy atom. The first kappa shape index (κ1) is 24.0. The summed E-state index contributed by atoms with van der Waals surface area (Å²) in [5.41, 5.74) is 0.0183. The third kappa shape index (κ3) is 6.13. The minimum Gasteiger partial charge on any atom is -0.350 e. The van der Waals surface area contributed by atoms with Gasteiger partial charge in [0.25, 0.3) is 0 Å². The summed E-state index contributed by atoms with van der Waals surface area (Å²) >= 11 is 0. The van der Waals surface area contributed by atoms with Crippen LogP contribution < -0.4 is 10.6 Å². The van der Waals surface area contributed by atoms with E-state index >= 15 is 0 Å². The lowest BCUT2D eigenvalue weighted by molar-refractivity contribution is 0.257. The number of hydrogen-bond donors (Lipinski definition) is 2. The average molecular weight is 404 g/mol. The summed E-state index contributed by atoms with van der Waals surface area (Å²) in [6, 6.07) is 0.799. The summed E-state index contributed by atoms with van der Waals surface area (Å²) in [7, 11) is 0. The van der Waals surface area contributed by atoms with Crippen LogP contribution in [0, 0.1) is 0 Å². The maximum atomic E-state index is 4.93. The van der Waals surface area contributed by atoms with Crippen LogP contribution in [0.3, 0.4) is 0 Å². The average Bonchev–Trinajstić information content (AvgIpc) is 2.69. The molecular weight excluding hydrogens is 358 g/mol. The lowest BCUT2D eigenvalue weighted by Crippen LogP contribution is -2.54. The van der Waals surface area contributed by atoms with Crippen molar-refractivity contribution >= 4 is 5.95 Å². The highest BCUT2D eigenvalue weighted by atomic mass is 15.2. The summed E-state index contributed by atoms with van der Waals surface area (Å²) in [5, 5.41) is 7.62. The van der Waals surface area contributed by atoms with Gasteiger partial charge in [0.15, 0.2) is 0 Å². The van der Waals surface area contributed by atoms with Gasteiger partial charge in [-0.1, -0.05) is 61.3 Å². The van der Waals surface area contributed by atoms with Crippen LogP contribution in [0.5, 0.6) is 0 Å². The Balaban J connectivity index is 2.36. The summed E-state index contributed by atoms with van der Waals surface area (Å²) in [4.78, 5) is 14.7. The summed E-state index contributed by atoms with van der Waals surface area (Å²) < 4.78 is 0. The highest BCUT2D eigenvalue weighted by Gasteiger charge is 2.32. The minimum atomic E-state index is -0.0631. The molecule has 2 atom stereocenters. The number of nitrogens with zero attached hydrogens (tertiary/aromatic N) is 3. The van der Waals surface area contributed by atoms with Gasteiger partial charge in [-0.15, -0.1) is 0 Å². The van der Waals surface area contributed by atoms with Gasteiger partial charge >= 0.3 is 0 Å². The van der Waals surface area contributed by atoms with Gasteiger partial charge in [-0.2, -0.15) is 9.97 Å². The van der Waals surface area contributed by atoms with E-state index in [4.69, 9.17) is 15.0 Å². The predicted molar refractivity (Wildman–Crippen MR) is 124 cm³/mol. The number of anilines is 1. The van der Waals surface area contributed by atoms with E-state index in [1.165, 1.54) is 19.3 Å². The molecule has 1 saturated carbocycles. The van der Waals surface area contributed by atoms with Gasteiger partial charge in [0.1, 0.15) is 11.6 Å². The number of hydrogen-bond acceptors (Lipinski definition) is 5. The Kier molecular flexibility index (Phi) is 7.69. The van der Waals surface area contributed by atoms with Crippen LogP contribution in [0.4, 0.5) is 5.95 Å². The smallest absolute Gasteiger partial charge is 0.226 e. The molecule has 5 heteroatoms. The molecule has 2 rings (SSSR count). The molecule has 5 nitrogen and oxygen atoms in total. The van der Waals surface area contributed by atoms with Gasteiger partial charge in [-0.25, -0.2) is 4.98 Å². The van der Waals surface area contributed by atoms with Crippen molar-refractivity contribution in [3.8, 4) is 0 Å². The van der Waals surface area contributed by atoms with Gasteiger partial charge < -0.3 is 10.6 Å². The zero-order chi connectivity index (χ0) is 21.9. The molecular formula is C24H45N5. The van der Waals surface area contributed by atoms with Crippen molar-refractivity contribution in [3.05, 3.63) is 11.6 Å². The van der Waals surface area contributed by atoms with Gasteiger partial charge in [-0.3, -0.25) is 0 Å². The van der Waals surface area contributed by atoms with E-state index in [0.717, 1.165) is 43.3 Å². The van der Waals surface area contributed by atoms with E-state index in [1.807, 2.05) is 0 Å². The van der Waals surface area contributed by atoms with Crippen molar-refractivity contribution in [2.45, 2.75) is 136 Å². The zero-order valence-corrected chi connectivity index (χ0v) is 20.4. The third-order valence-corrected chi connectivity index (χ3v) is 7.15. The van der Waals surface area contributed by atoms with Crippen LogP contribution in [-0.4, -0.2) is 32.6 Å². The van der Waals surface area contributed by atoms with Crippen molar-refractivity contribution in [1.29, 1.82) is 0 Å². The third-order valence-electron chi connectivity index (χ3n) is 7.15. The van der Waals surface area contributed by atoms with Crippen LogP contribution in [0.25, 0.3) is 0 Å². The molecule has 0 saturated heterocycles. The van der Waals surface area contributed by atoms with Crippen LogP contribution >= 0.6 is 0 Å². The zero-order valence-electron chi connectivity index (χ0n) is 20.4. The molecule has 1 aliphatic carbocycles. The lowest BCUT2D eigenvalue weighted by Gasteiger charge is -2.39. The Morgan fingerprint density at radius 2 is 1.21 bits per heavy atom. The molecule has 0 aliphatic heterocycles. The first-order chi connectivity index (χ1) is 13.4. The standard InChI is InChI=1S/C24H45N5/c1-10-22(4,5)19-26-20(23(6,7)11-2)28-21(27-19)25-17-15-13-14-16-18(17)29-24(8,9)12-3/h17-18,29H,10-16H2,1-9H3,(H,25,26,27,28). The van der Waals surface area contributed by atoms with E-state index < -0.39 is 0 Å². The first-order valence-electron chi connectivity index (χ1n) is 11.8. The summed E-state index contributed by atoms with van der Waals surface area (Å²) in [5.74, 6) is 2.56. The van der Waals surface area contributed by atoms with Crippen LogP contribution in [0.15, 0.2) is 0 Å². The largest absolute Gasteiger partial charge is 0.350 e. The molecule has 1 aromatic rings. The highest BCUT2D eigenvalue weighted by molar-refractivity contribution is 5.30. The molecule has 0 amide bonds. The SMILES string of the molecule is CCC(C)(C)NC1CCCCC1Nc1nc(C(C)(C)CC)nc(C(C)(C)CC)n1. The number of rotatable bonds is 9. The quantitative estimate of drug-likeness (QED) is 0.550. The fourth-order valence-corrected chi connectivity index (χ4v) is 3.61. The molecule has 0 bridgehead atoms. The van der Waals surface area contributed by atoms with Crippen molar-refractivity contribution < 1.29 is 0 Å². The van der Waals surface area contributed by atoms with Gasteiger partial charge in [0.2, 0.25) is 5.95 Å². The van der Waals surface area contributed by atoms with Crippen LogP contribution in [0.1, 0.15) is 119 Å². The molecule has 29 heavy (non-hydrogen) atoms. The van der Waals surface area contributed by atoms with Gasteiger partial charge in [0, 0.05) is 28.5 Å². The topological polar surface area (TPSA) is 62.7 Å². The highest BCUT2D eigenvalue weighted by Crippen LogP contribution is 2.30. The number of aromatic nitrogens is 3. The van der Waals surface area contributed by atoms with Gasteiger partial charge in [0.05, 0.1) is 0 Å². The Hall–Kier alpha value is -1.23. The molecule has 1 aromatic heterocycles. The van der Waals surface area contributed by atoms with E-state index in [1.54, 1.807) is 0 Å². The van der Waals surface area contributed by atoms with Crippen molar-refractivity contribution in [1.82, 2.24) is 20.3 Å². The molecule has 166 valence electrons. The second-order valence-corrected chi connectivity index (χ2v) is 10.8. The molecule has 0 radical (unpaired) electrons. The minimum absolute atomic E-state index is 0.0631. The van der Waals surface area contributed by atoms with E-state index in [9.17, 15) is 0 Å². The van der Waals surface area contributed by atoms with Crippen molar-refractivity contribution in [2.75, 3.05) is 5.32 Å². The molecule has 1 fully saturated rings. The second-order valence-electron chi connectivity index (χ2n) is 10.8. The maximum absolute atomic E-state index is 4.93. The van der Waals surface area contributed by atoms with Crippen molar-refractivity contribution in [2.24, 2.45) is 0 Å². The monoisotopic (exact) mass is 403 g/mol. The molecule has 2 N–H and O–H groups in total. The summed E-state index contributed by atoms with van der Waals surface area (Å²) in [6.45, 7) is 20.2. The fraction of sp³-hybridized carbons (Fsp3) is 0.875. The summed E-state index contributed by atoms with van der Waals surface area (Å²) in [6.07, 6.45) is 8.02. The molecule has 0 spiro atoms. The normalized spacial score (nSPS) is 21.3.